The molecule has 0 saturated heterocycles. The van der Waals surface area contributed by atoms with E-state index in [1.165, 1.54) is 5.56 Å². The molecule has 0 aromatic heterocycles. The largest absolute Gasteiger partial charge is 0.462 e. The van der Waals surface area contributed by atoms with E-state index in [0.29, 0.717) is 12.5 Å². The van der Waals surface area contributed by atoms with Crippen LogP contribution in [0.4, 0.5) is 0 Å². The minimum atomic E-state index is -0.318. The second kappa shape index (κ2) is 9.00. The third-order valence-corrected chi connectivity index (χ3v) is 2.50. The van der Waals surface area contributed by atoms with E-state index in [-0.39, 0.29) is 5.60 Å². The van der Waals surface area contributed by atoms with E-state index in [9.17, 15) is 4.79 Å². The Labute approximate surface area is 115 Å². The number of hydrogen-bond acceptors (Lipinski definition) is 4. The zero-order valence-electron chi connectivity index (χ0n) is 11.5. The molecule has 0 bridgehead atoms. The van der Waals surface area contributed by atoms with Gasteiger partial charge < -0.3 is 10.1 Å². The minimum Gasteiger partial charge on any atom is -0.462 e. The van der Waals surface area contributed by atoms with Crippen molar-refractivity contribution in [3.63, 3.8) is 0 Å². The monoisotopic (exact) mass is 269 g/mol. The summed E-state index contributed by atoms with van der Waals surface area (Å²) in [6.07, 6.45) is 0. The van der Waals surface area contributed by atoms with Crippen LogP contribution in [0.3, 0.4) is 0 Å². The second-order valence-electron chi connectivity index (χ2n) is 4.76. The Morgan fingerprint density at radius 1 is 1.33 bits per heavy atom. The molecule has 0 heterocycles. The molecule has 0 saturated carbocycles. The Bertz CT molecular complexity index is 318. The molecular formula is C14H23NO2S. The van der Waals surface area contributed by atoms with Gasteiger partial charge in [0.25, 0.3) is 6.47 Å². The van der Waals surface area contributed by atoms with Gasteiger partial charge in [-0.05, 0) is 33.4 Å². The molecule has 0 aliphatic carbocycles. The van der Waals surface area contributed by atoms with Gasteiger partial charge in [0.1, 0.15) is 5.60 Å². The summed E-state index contributed by atoms with van der Waals surface area (Å²) in [5, 5.41) is 3.19. The fraction of sp³-hybridized carbons (Fsp3) is 0.500. The molecule has 102 valence electrons. The van der Waals surface area contributed by atoms with Crippen LogP contribution in [-0.4, -0.2) is 24.9 Å². The Hall–Kier alpha value is -1.00. The van der Waals surface area contributed by atoms with Gasteiger partial charge in [0.05, 0.1) is 0 Å². The zero-order chi connectivity index (χ0) is 14.0. The van der Waals surface area contributed by atoms with Crippen LogP contribution in [0.25, 0.3) is 0 Å². The van der Waals surface area contributed by atoms with Crippen LogP contribution in [-0.2, 0) is 9.53 Å². The summed E-state index contributed by atoms with van der Waals surface area (Å²) in [5.74, 6) is 0.834. The van der Waals surface area contributed by atoms with Crippen LogP contribution in [0.15, 0.2) is 30.3 Å². The van der Waals surface area contributed by atoms with Crippen molar-refractivity contribution in [1.29, 1.82) is 0 Å². The van der Waals surface area contributed by atoms with Gasteiger partial charge in [0.2, 0.25) is 0 Å². The molecule has 1 N–H and O–H groups in total. The fourth-order valence-corrected chi connectivity index (χ4v) is 1.59. The van der Waals surface area contributed by atoms with Crippen LogP contribution >= 0.6 is 12.6 Å². The zero-order valence-corrected chi connectivity index (χ0v) is 12.4. The van der Waals surface area contributed by atoms with E-state index in [4.69, 9.17) is 0 Å². The minimum absolute atomic E-state index is 0.318. The first-order valence-corrected chi connectivity index (χ1v) is 6.52. The highest BCUT2D eigenvalue weighted by Gasteiger charge is 2.07. The molecule has 0 aliphatic rings. The lowest BCUT2D eigenvalue weighted by atomic mass is 10.1. The van der Waals surface area contributed by atoms with Gasteiger partial charge in [-0.25, -0.2) is 0 Å². The Morgan fingerprint density at radius 3 is 2.17 bits per heavy atom. The molecule has 1 unspecified atom stereocenters. The van der Waals surface area contributed by atoms with Crippen LogP contribution in [0.1, 0.15) is 32.4 Å². The molecule has 0 aliphatic heterocycles. The molecule has 1 atom stereocenters. The number of hydrogen-bond donors (Lipinski definition) is 2. The van der Waals surface area contributed by atoms with Gasteiger partial charge in [0.15, 0.2) is 0 Å². The summed E-state index contributed by atoms with van der Waals surface area (Å²) >= 11 is 4.24. The molecule has 0 spiro atoms. The Balaban J connectivity index is 0.000000360. The Kier molecular flexibility index (Phi) is 8.50. The number of carbonyl (C=O) groups is 1. The maximum atomic E-state index is 9.60. The molecule has 18 heavy (non-hydrogen) atoms. The standard InChI is InChI=1S/C9H13NS.C5H10O2/c1-10-9(7-11)8-5-3-2-4-6-8;1-5(2,3)7-4-6/h2-6,9-11H,7H2,1H3;4H,1-3H3. The lowest BCUT2D eigenvalue weighted by molar-refractivity contribution is -0.138. The average Bonchev–Trinajstić information content (AvgIpc) is 2.31. The van der Waals surface area contributed by atoms with Crippen molar-refractivity contribution in [2.75, 3.05) is 12.8 Å². The lowest BCUT2D eigenvalue weighted by Gasteiger charge is -2.14. The number of ether oxygens (including phenoxy) is 1. The number of rotatable bonds is 4. The van der Waals surface area contributed by atoms with Crippen molar-refractivity contribution >= 4 is 19.1 Å². The van der Waals surface area contributed by atoms with Crippen LogP contribution in [0.2, 0.25) is 0 Å². The fourth-order valence-electron chi connectivity index (χ4n) is 1.19. The van der Waals surface area contributed by atoms with Crippen LogP contribution in [0, 0.1) is 0 Å². The highest BCUT2D eigenvalue weighted by molar-refractivity contribution is 7.80. The first-order chi connectivity index (χ1) is 8.44. The quantitative estimate of drug-likeness (QED) is 0.652. The summed E-state index contributed by atoms with van der Waals surface area (Å²) in [7, 11) is 1.95. The van der Waals surface area contributed by atoms with Crippen molar-refractivity contribution in [3.8, 4) is 0 Å². The van der Waals surface area contributed by atoms with Gasteiger partial charge in [-0.1, -0.05) is 30.3 Å². The lowest BCUT2D eigenvalue weighted by Crippen LogP contribution is -2.17. The molecule has 0 fully saturated rings. The summed E-state index contributed by atoms with van der Waals surface area (Å²) < 4.78 is 4.55. The van der Waals surface area contributed by atoms with Gasteiger partial charge >= 0.3 is 0 Å². The number of thiol groups is 1. The van der Waals surface area contributed by atoms with E-state index in [0.717, 1.165) is 5.75 Å². The SMILES string of the molecule is CC(C)(C)OC=O.CNC(CS)c1ccccc1. The van der Waals surface area contributed by atoms with Crippen molar-refractivity contribution in [2.24, 2.45) is 0 Å². The molecule has 0 amide bonds. The highest BCUT2D eigenvalue weighted by atomic mass is 32.1. The number of benzene rings is 1. The van der Waals surface area contributed by atoms with E-state index < -0.39 is 0 Å². The van der Waals surface area contributed by atoms with Crippen molar-refractivity contribution in [3.05, 3.63) is 35.9 Å². The number of nitrogens with one attached hydrogen (secondary N) is 1. The van der Waals surface area contributed by atoms with Crippen molar-refractivity contribution < 1.29 is 9.53 Å². The summed E-state index contributed by atoms with van der Waals surface area (Å²) in [4.78, 5) is 9.60. The normalized spacial score (nSPS) is 12.1. The topological polar surface area (TPSA) is 38.3 Å². The Morgan fingerprint density at radius 2 is 1.89 bits per heavy atom. The smallest absolute Gasteiger partial charge is 0.293 e. The van der Waals surface area contributed by atoms with Gasteiger partial charge in [-0.15, -0.1) is 0 Å². The maximum absolute atomic E-state index is 9.60. The molecular weight excluding hydrogens is 246 g/mol. The van der Waals surface area contributed by atoms with E-state index in [1.807, 2.05) is 46.0 Å². The maximum Gasteiger partial charge on any atom is 0.293 e. The first-order valence-electron chi connectivity index (χ1n) is 5.89. The van der Waals surface area contributed by atoms with Crippen molar-refractivity contribution in [1.82, 2.24) is 5.32 Å². The van der Waals surface area contributed by atoms with Gasteiger partial charge in [0, 0.05) is 11.8 Å². The average molecular weight is 269 g/mol. The molecule has 3 nitrogen and oxygen atoms in total. The van der Waals surface area contributed by atoms with Crippen LogP contribution < -0.4 is 5.32 Å². The third kappa shape index (κ3) is 8.14. The summed E-state index contributed by atoms with van der Waals surface area (Å²) in [6, 6.07) is 10.7. The van der Waals surface area contributed by atoms with Gasteiger partial charge in [-0.2, -0.15) is 12.6 Å². The van der Waals surface area contributed by atoms with Crippen LogP contribution in [0.5, 0.6) is 0 Å². The van der Waals surface area contributed by atoms with Gasteiger partial charge in [-0.3, -0.25) is 4.79 Å². The predicted octanol–water partition coefficient (Wildman–Crippen LogP) is 2.83. The first kappa shape index (κ1) is 17.0. The number of carbonyl (C=O) groups excluding carboxylic acids is 1. The second-order valence-corrected chi connectivity index (χ2v) is 5.13. The van der Waals surface area contributed by atoms with E-state index in [1.54, 1.807) is 0 Å². The molecule has 4 heteroatoms. The van der Waals surface area contributed by atoms with E-state index in [2.05, 4.69) is 34.8 Å². The predicted molar refractivity (Wildman–Crippen MR) is 79.0 cm³/mol. The molecule has 1 rings (SSSR count). The summed E-state index contributed by atoms with van der Waals surface area (Å²) in [6.45, 7) is 5.92. The molecule has 1 aromatic rings. The summed E-state index contributed by atoms with van der Waals surface area (Å²) in [5.41, 5.74) is 0.979. The highest BCUT2D eigenvalue weighted by Crippen LogP contribution is 2.12. The van der Waals surface area contributed by atoms with E-state index >= 15 is 0 Å². The van der Waals surface area contributed by atoms with Crippen molar-refractivity contribution in [2.45, 2.75) is 32.4 Å². The molecule has 1 aromatic carbocycles. The molecule has 0 radical (unpaired) electrons. The third-order valence-electron chi connectivity index (χ3n) is 2.13.